The quantitative estimate of drug-likeness (QED) is 0.616. The molecule has 3 aromatic rings. The highest BCUT2D eigenvalue weighted by Gasteiger charge is 2.13. The maximum atomic E-state index is 6.22. The Morgan fingerprint density at radius 1 is 1.09 bits per heavy atom. The maximum Gasteiger partial charge on any atom is 0.138 e. The fourth-order valence-corrected chi connectivity index (χ4v) is 3.22. The van der Waals surface area contributed by atoms with Crippen molar-refractivity contribution in [2.75, 3.05) is 4.72 Å². The largest absolute Gasteiger partial charge is 0.310 e. The lowest BCUT2D eigenvalue weighted by Crippen LogP contribution is -2.10. The zero-order valence-corrected chi connectivity index (χ0v) is 15.3. The van der Waals surface area contributed by atoms with Gasteiger partial charge in [0, 0.05) is 4.90 Å². The van der Waals surface area contributed by atoms with E-state index in [1.165, 1.54) is 5.56 Å². The molecule has 0 amide bonds. The molecule has 23 heavy (non-hydrogen) atoms. The van der Waals surface area contributed by atoms with Crippen LogP contribution in [0.3, 0.4) is 0 Å². The van der Waals surface area contributed by atoms with Gasteiger partial charge in [-0.05, 0) is 60.2 Å². The predicted octanol–water partition coefficient (Wildman–Crippen LogP) is 5.71. The molecule has 0 aliphatic carbocycles. The molecule has 1 aromatic carbocycles. The third-order valence-corrected chi connectivity index (χ3v) is 4.82. The third kappa shape index (κ3) is 3.48. The van der Waals surface area contributed by atoms with Crippen molar-refractivity contribution in [3.8, 4) is 0 Å². The minimum atomic E-state index is 0.172. The molecule has 0 bridgehead atoms. The van der Waals surface area contributed by atoms with Crippen LogP contribution >= 0.6 is 23.5 Å². The van der Waals surface area contributed by atoms with Crippen molar-refractivity contribution in [1.82, 2.24) is 9.61 Å². The number of hydrogen-bond donors (Lipinski definition) is 1. The SMILES string of the molecule is Cc1cc2c(Cl)ccc(NSc3ccc(C(C)(C)C)cc3)n2n1. The first-order valence-corrected chi connectivity index (χ1v) is 8.72. The molecule has 0 aliphatic heterocycles. The highest BCUT2D eigenvalue weighted by atomic mass is 35.5. The van der Waals surface area contributed by atoms with Crippen LogP contribution in [0.4, 0.5) is 5.82 Å². The lowest BCUT2D eigenvalue weighted by molar-refractivity contribution is 0.590. The minimum Gasteiger partial charge on any atom is -0.310 e. The van der Waals surface area contributed by atoms with Crippen molar-refractivity contribution in [3.63, 3.8) is 0 Å². The molecule has 3 rings (SSSR count). The number of halogens is 1. The number of aryl methyl sites for hydroxylation is 1. The van der Waals surface area contributed by atoms with E-state index in [9.17, 15) is 0 Å². The van der Waals surface area contributed by atoms with Crippen molar-refractivity contribution in [2.45, 2.75) is 38.0 Å². The van der Waals surface area contributed by atoms with E-state index >= 15 is 0 Å². The molecule has 0 spiro atoms. The van der Waals surface area contributed by atoms with Crippen LogP contribution < -0.4 is 4.72 Å². The van der Waals surface area contributed by atoms with Crippen molar-refractivity contribution in [3.05, 3.63) is 58.7 Å². The standard InChI is InChI=1S/C18H20ClN3S/c1-12-11-16-15(19)9-10-17(22(16)20-12)21-23-14-7-5-13(6-8-14)18(2,3)4/h5-11,21H,1-4H3. The van der Waals surface area contributed by atoms with Gasteiger partial charge in [0.15, 0.2) is 0 Å². The van der Waals surface area contributed by atoms with E-state index in [0.29, 0.717) is 5.02 Å². The summed E-state index contributed by atoms with van der Waals surface area (Å²) in [4.78, 5) is 1.16. The lowest BCUT2D eigenvalue weighted by Gasteiger charge is -2.19. The average Bonchev–Trinajstić information content (AvgIpc) is 2.89. The van der Waals surface area contributed by atoms with Crippen molar-refractivity contribution in [1.29, 1.82) is 0 Å². The van der Waals surface area contributed by atoms with Gasteiger partial charge in [-0.2, -0.15) is 5.10 Å². The van der Waals surface area contributed by atoms with Crippen LogP contribution in [0.5, 0.6) is 0 Å². The van der Waals surface area contributed by atoms with Crippen LogP contribution in [0.2, 0.25) is 5.02 Å². The summed E-state index contributed by atoms with van der Waals surface area (Å²) in [6.07, 6.45) is 0. The number of hydrogen-bond acceptors (Lipinski definition) is 3. The number of anilines is 1. The number of nitrogens with zero attached hydrogens (tertiary/aromatic N) is 2. The molecule has 0 radical (unpaired) electrons. The van der Waals surface area contributed by atoms with Crippen molar-refractivity contribution in [2.24, 2.45) is 0 Å². The first-order valence-electron chi connectivity index (χ1n) is 7.53. The molecule has 1 N–H and O–H groups in total. The van der Waals surface area contributed by atoms with Gasteiger partial charge in [-0.1, -0.05) is 44.5 Å². The lowest BCUT2D eigenvalue weighted by atomic mass is 9.87. The van der Waals surface area contributed by atoms with Gasteiger partial charge in [0.05, 0.1) is 16.2 Å². The zero-order chi connectivity index (χ0) is 16.6. The summed E-state index contributed by atoms with van der Waals surface area (Å²) in [6.45, 7) is 8.62. The van der Waals surface area contributed by atoms with Gasteiger partial charge in [0.25, 0.3) is 0 Å². The summed E-state index contributed by atoms with van der Waals surface area (Å²) in [6, 6.07) is 14.5. The fraction of sp³-hybridized carbons (Fsp3) is 0.278. The normalized spacial score (nSPS) is 11.9. The second kappa shape index (κ2) is 6.10. The second-order valence-electron chi connectivity index (χ2n) is 6.63. The van der Waals surface area contributed by atoms with Crippen LogP contribution in [0.1, 0.15) is 32.0 Å². The summed E-state index contributed by atoms with van der Waals surface area (Å²) >= 11 is 7.79. The molecule has 3 nitrogen and oxygen atoms in total. The Hall–Kier alpha value is -1.65. The molecule has 0 unspecified atom stereocenters. The summed E-state index contributed by atoms with van der Waals surface area (Å²) in [5.41, 5.74) is 3.36. The van der Waals surface area contributed by atoms with Crippen LogP contribution in [0.25, 0.3) is 5.52 Å². The maximum absolute atomic E-state index is 6.22. The fourth-order valence-electron chi connectivity index (χ4n) is 2.37. The first kappa shape index (κ1) is 16.2. The number of rotatable bonds is 3. The average molecular weight is 346 g/mol. The second-order valence-corrected chi connectivity index (χ2v) is 7.91. The van der Waals surface area contributed by atoms with E-state index < -0.39 is 0 Å². The van der Waals surface area contributed by atoms with E-state index in [1.807, 2.05) is 29.6 Å². The molecular formula is C18H20ClN3S. The number of aromatic nitrogens is 2. The number of benzene rings is 1. The summed E-state index contributed by atoms with van der Waals surface area (Å²) in [5.74, 6) is 0.905. The van der Waals surface area contributed by atoms with Crippen LogP contribution in [-0.2, 0) is 5.41 Å². The molecule has 0 atom stereocenters. The third-order valence-electron chi connectivity index (χ3n) is 3.69. The van der Waals surface area contributed by atoms with Gasteiger partial charge >= 0.3 is 0 Å². The summed E-state index contributed by atoms with van der Waals surface area (Å²) in [5, 5.41) is 5.19. The number of fused-ring (bicyclic) bond motifs is 1. The highest BCUT2D eigenvalue weighted by Crippen LogP contribution is 2.28. The van der Waals surface area contributed by atoms with E-state index in [0.717, 1.165) is 21.9 Å². The van der Waals surface area contributed by atoms with Gasteiger partial charge in [0.1, 0.15) is 5.82 Å². The first-order chi connectivity index (χ1) is 10.8. The topological polar surface area (TPSA) is 29.3 Å². The number of pyridine rings is 1. The van der Waals surface area contributed by atoms with E-state index in [-0.39, 0.29) is 5.41 Å². The molecule has 2 aromatic heterocycles. The minimum absolute atomic E-state index is 0.172. The Labute approximate surface area is 146 Å². The Morgan fingerprint density at radius 2 is 1.78 bits per heavy atom. The monoisotopic (exact) mass is 345 g/mol. The number of nitrogens with one attached hydrogen (secondary N) is 1. The highest BCUT2D eigenvalue weighted by molar-refractivity contribution is 8.00. The molecule has 0 saturated heterocycles. The summed E-state index contributed by atoms with van der Waals surface area (Å²) in [7, 11) is 0. The Bertz CT molecular complexity index is 832. The molecular weight excluding hydrogens is 326 g/mol. The van der Waals surface area contributed by atoms with Gasteiger partial charge < -0.3 is 4.72 Å². The molecule has 0 saturated carbocycles. The molecule has 0 fully saturated rings. The molecule has 0 aliphatic rings. The van der Waals surface area contributed by atoms with E-state index in [4.69, 9.17) is 11.6 Å². The zero-order valence-electron chi connectivity index (χ0n) is 13.7. The van der Waals surface area contributed by atoms with Crippen molar-refractivity contribution < 1.29 is 0 Å². The van der Waals surface area contributed by atoms with E-state index in [1.54, 1.807) is 11.9 Å². The molecule has 120 valence electrons. The van der Waals surface area contributed by atoms with Crippen molar-refractivity contribution >= 4 is 34.9 Å². The molecule has 5 heteroatoms. The smallest absolute Gasteiger partial charge is 0.138 e. The van der Waals surface area contributed by atoms with Gasteiger partial charge in [0.2, 0.25) is 0 Å². The Balaban J connectivity index is 1.80. The van der Waals surface area contributed by atoms with Gasteiger partial charge in [-0.25, -0.2) is 4.52 Å². The van der Waals surface area contributed by atoms with Gasteiger partial charge in [-0.15, -0.1) is 0 Å². The van der Waals surface area contributed by atoms with Gasteiger partial charge in [-0.3, -0.25) is 0 Å². The summed E-state index contributed by atoms with van der Waals surface area (Å²) < 4.78 is 5.20. The predicted molar refractivity (Wildman–Crippen MR) is 99.6 cm³/mol. The molecule has 2 heterocycles. The Kier molecular flexibility index (Phi) is 4.30. The van der Waals surface area contributed by atoms with Crippen LogP contribution in [0.15, 0.2) is 47.4 Å². The van der Waals surface area contributed by atoms with Crippen LogP contribution in [-0.4, -0.2) is 9.61 Å². The van der Waals surface area contributed by atoms with Crippen LogP contribution in [0, 0.1) is 6.92 Å². The Morgan fingerprint density at radius 3 is 2.43 bits per heavy atom. The van der Waals surface area contributed by atoms with E-state index in [2.05, 4.69) is 54.9 Å².